The topological polar surface area (TPSA) is 22.1 Å². The minimum atomic E-state index is 0.358. The van der Waals surface area contributed by atoms with E-state index in [1.165, 1.54) is 24.1 Å². The summed E-state index contributed by atoms with van der Waals surface area (Å²) >= 11 is 0. The average Bonchev–Trinajstić information content (AvgIpc) is 2.85. The summed E-state index contributed by atoms with van der Waals surface area (Å²) in [5.74, 6) is 0.882. The molecule has 0 saturated heterocycles. The normalized spacial score (nSPS) is 18.4. The molecule has 0 aliphatic heterocycles. The Kier molecular flexibility index (Phi) is 1.79. The summed E-state index contributed by atoms with van der Waals surface area (Å²) < 4.78 is 5.17. The summed E-state index contributed by atoms with van der Waals surface area (Å²) in [7, 11) is 1.68. The third-order valence-corrected chi connectivity index (χ3v) is 2.90. The van der Waals surface area contributed by atoms with E-state index in [0.717, 1.165) is 5.75 Å². The molecular weight excluding hydrogens is 162 g/mol. The van der Waals surface area contributed by atoms with Crippen LogP contribution in [0.25, 0.3) is 0 Å². The minimum absolute atomic E-state index is 0.358. The van der Waals surface area contributed by atoms with Crippen molar-refractivity contribution in [1.29, 1.82) is 0 Å². The van der Waals surface area contributed by atoms with Crippen LogP contribution in [0.15, 0.2) is 12.3 Å². The van der Waals surface area contributed by atoms with Gasteiger partial charge in [-0.15, -0.1) is 0 Å². The number of hydrogen-bond acceptors (Lipinski definition) is 2. The van der Waals surface area contributed by atoms with Gasteiger partial charge < -0.3 is 4.74 Å². The lowest BCUT2D eigenvalue weighted by molar-refractivity contribution is 0.409. The molecule has 1 aromatic rings. The van der Waals surface area contributed by atoms with E-state index in [1.807, 2.05) is 6.20 Å². The highest BCUT2D eigenvalue weighted by Gasteiger charge is 2.40. The summed E-state index contributed by atoms with van der Waals surface area (Å²) in [6, 6.07) is 2.14. The van der Waals surface area contributed by atoms with E-state index >= 15 is 0 Å². The monoisotopic (exact) mass is 177 g/mol. The lowest BCUT2D eigenvalue weighted by Crippen LogP contribution is -2.04. The van der Waals surface area contributed by atoms with E-state index < -0.39 is 0 Å². The summed E-state index contributed by atoms with van der Waals surface area (Å²) in [5, 5.41) is 0. The second kappa shape index (κ2) is 2.72. The van der Waals surface area contributed by atoms with Crippen molar-refractivity contribution in [2.24, 2.45) is 0 Å². The predicted octanol–water partition coefficient (Wildman–Crippen LogP) is 2.45. The molecule has 70 valence electrons. The van der Waals surface area contributed by atoms with Crippen molar-refractivity contribution in [1.82, 2.24) is 4.98 Å². The van der Waals surface area contributed by atoms with Crippen molar-refractivity contribution in [3.63, 3.8) is 0 Å². The van der Waals surface area contributed by atoms with E-state index in [4.69, 9.17) is 4.74 Å². The van der Waals surface area contributed by atoms with Crippen LogP contribution in [0.4, 0.5) is 0 Å². The number of pyridine rings is 1. The SMILES string of the molecule is COc1cnc(C2(C)CC2)cc1C. The fourth-order valence-corrected chi connectivity index (χ4v) is 1.53. The highest BCUT2D eigenvalue weighted by Crippen LogP contribution is 2.47. The smallest absolute Gasteiger partial charge is 0.140 e. The summed E-state index contributed by atoms with van der Waals surface area (Å²) in [6.45, 7) is 4.33. The van der Waals surface area contributed by atoms with Gasteiger partial charge in [0, 0.05) is 11.1 Å². The van der Waals surface area contributed by atoms with Gasteiger partial charge in [0.1, 0.15) is 5.75 Å². The summed E-state index contributed by atoms with van der Waals surface area (Å²) in [5.41, 5.74) is 2.75. The molecule has 1 heterocycles. The molecule has 2 rings (SSSR count). The molecule has 1 fully saturated rings. The van der Waals surface area contributed by atoms with Crippen LogP contribution < -0.4 is 4.74 Å². The van der Waals surface area contributed by atoms with E-state index in [9.17, 15) is 0 Å². The second-order valence-electron chi connectivity index (χ2n) is 4.10. The Morgan fingerprint density at radius 3 is 2.62 bits per heavy atom. The third kappa shape index (κ3) is 1.41. The standard InChI is InChI=1S/C11H15NO/c1-8-6-10(11(2)4-5-11)12-7-9(8)13-3/h6-7H,4-5H2,1-3H3. The Morgan fingerprint density at radius 2 is 2.15 bits per heavy atom. The van der Waals surface area contributed by atoms with Gasteiger partial charge in [-0.05, 0) is 31.4 Å². The Balaban J connectivity index is 2.36. The maximum absolute atomic E-state index is 5.17. The fraction of sp³-hybridized carbons (Fsp3) is 0.545. The molecular formula is C11H15NO. The van der Waals surface area contributed by atoms with Gasteiger partial charge in [0.05, 0.1) is 13.3 Å². The molecule has 1 aromatic heterocycles. The molecule has 0 aromatic carbocycles. The largest absolute Gasteiger partial charge is 0.495 e. The zero-order valence-electron chi connectivity index (χ0n) is 8.42. The Labute approximate surface area is 78.9 Å². The van der Waals surface area contributed by atoms with Gasteiger partial charge in [-0.1, -0.05) is 6.92 Å². The number of aryl methyl sites for hydroxylation is 1. The van der Waals surface area contributed by atoms with Crippen molar-refractivity contribution >= 4 is 0 Å². The number of rotatable bonds is 2. The van der Waals surface area contributed by atoms with Crippen LogP contribution in [0.1, 0.15) is 31.0 Å². The number of nitrogens with zero attached hydrogens (tertiary/aromatic N) is 1. The van der Waals surface area contributed by atoms with Gasteiger partial charge in [-0.2, -0.15) is 0 Å². The number of aromatic nitrogens is 1. The first-order valence-electron chi connectivity index (χ1n) is 4.67. The maximum Gasteiger partial charge on any atom is 0.140 e. The molecule has 2 heteroatoms. The van der Waals surface area contributed by atoms with Crippen LogP contribution in [0, 0.1) is 6.92 Å². The molecule has 2 nitrogen and oxygen atoms in total. The molecule has 1 aliphatic carbocycles. The third-order valence-electron chi connectivity index (χ3n) is 2.90. The summed E-state index contributed by atoms with van der Waals surface area (Å²) in [6.07, 6.45) is 4.37. The Hall–Kier alpha value is -1.05. The van der Waals surface area contributed by atoms with E-state index in [0.29, 0.717) is 5.41 Å². The Bertz CT molecular complexity index is 329. The molecule has 0 unspecified atom stereocenters. The lowest BCUT2D eigenvalue weighted by atomic mass is 10.0. The van der Waals surface area contributed by atoms with Crippen LogP contribution in [0.2, 0.25) is 0 Å². The predicted molar refractivity (Wildman–Crippen MR) is 52.1 cm³/mol. The lowest BCUT2D eigenvalue weighted by Gasteiger charge is -2.10. The van der Waals surface area contributed by atoms with Crippen LogP contribution in [0.3, 0.4) is 0 Å². The molecule has 0 spiro atoms. The second-order valence-corrected chi connectivity index (χ2v) is 4.10. The molecule has 0 atom stereocenters. The van der Waals surface area contributed by atoms with Crippen molar-refractivity contribution < 1.29 is 4.74 Å². The molecule has 0 amide bonds. The number of ether oxygens (including phenoxy) is 1. The average molecular weight is 177 g/mol. The molecule has 1 aliphatic rings. The zero-order valence-corrected chi connectivity index (χ0v) is 8.42. The van der Waals surface area contributed by atoms with Crippen LogP contribution >= 0.6 is 0 Å². The van der Waals surface area contributed by atoms with Gasteiger partial charge in [-0.3, -0.25) is 4.98 Å². The van der Waals surface area contributed by atoms with Gasteiger partial charge in [0.2, 0.25) is 0 Å². The summed E-state index contributed by atoms with van der Waals surface area (Å²) in [4.78, 5) is 4.42. The van der Waals surface area contributed by atoms with Crippen LogP contribution in [-0.4, -0.2) is 12.1 Å². The number of methoxy groups -OCH3 is 1. The number of hydrogen-bond donors (Lipinski definition) is 0. The van der Waals surface area contributed by atoms with Crippen molar-refractivity contribution in [2.75, 3.05) is 7.11 Å². The highest BCUT2D eigenvalue weighted by molar-refractivity contribution is 5.35. The highest BCUT2D eigenvalue weighted by atomic mass is 16.5. The molecule has 13 heavy (non-hydrogen) atoms. The van der Waals surface area contributed by atoms with E-state index in [2.05, 4.69) is 24.9 Å². The quantitative estimate of drug-likeness (QED) is 0.692. The van der Waals surface area contributed by atoms with E-state index in [-0.39, 0.29) is 0 Å². The first-order valence-corrected chi connectivity index (χ1v) is 4.67. The van der Waals surface area contributed by atoms with Crippen LogP contribution in [-0.2, 0) is 5.41 Å². The molecule has 0 bridgehead atoms. The first kappa shape index (κ1) is 8.54. The van der Waals surface area contributed by atoms with Gasteiger partial charge in [0.15, 0.2) is 0 Å². The van der Waals surface area contributed by atoms with E-state index in [1.54, 1.807) is 7.11 Å². The molecule has 0 N–H and O–H groups in total. The molecule has 0 radical (unpaired) electrons. The van der Waals surface area contributed by atoms with Gasteiger partial charge in [-0.25, -0.2) is 0 Å². The van der Waals surface area contributed by atoms with Crippen molar-refractivity contribution in [3.8, 4) is 5.75 Å². The van der Waals surface area contributed by atoms with Gasteiger partial charge in [0.25, 0.3) is 0 Å². The fourth-order valence-electron chi connectivity index (χ4n) is 1.53. The minimum Gasteiger partial charge on any atom is -0.495 e. The van der Waals surface area contributed by atoms with Crippen LogP contribution in [0.5, 0.6) is 5.75 Å². The maximum atomic E-state index is 5.17. The molecule has 1 saturated carbocycles. The van der Waals surface area contributed by atoms with Gasteiger partial charge >= 0.3 is 0 Å². The van der Waals surface area contributed by atoms with Crippen molar-refractivity contribution in [3.05, 3.63) is 23.5 Å². The van der Waals surface area contributed by atoms with Crippen molar-refractivity contribution in [2.45, 2.75) is 32.1 Å². The first-order chi connectivity index (χ1) is 6.15. The Morgan fingerprint density at radius 1 is 1.46 bits per heavy atom. The zero-order chi connectivity index (χ0) is 9.47.